The van der Waals surface area contributed by atoms with Crippen molar-refractivity contribution in [2.24, 2.45) is 4.99 Å². The first-order valence-electron chi connectivity index (χ1n) is 7.26. The minimum atomic E-state index is 0.0259. The Morgan fingerprint density at radius 1 is 1.26 bits per heavy atom. The third-order valence-corrected chi connectivity index (χ3v) is 5.28. The predicted molar refractivity (Wildman–Crippen MR) is 100 cm³/mol. The van der Waals surface area contributed by atoms with Gasteiger partial charge in [-0.2, -0.15) is 0 Å². The van der Waals surface area contributed by atoms with Gasteiger partial charge in [-0.05, 0) is 60.0 Å². The summed E-state index contributed by atoms with van der Waals surface area (Å²) in [5, 5.41) is 3.40. The zero-order valence-corrected chi connectivity index (χ0v) is 14.9. The van der Waals surface area contributed by atoms with Crippen molar-refractivity contribution in [3.8, 4) is 0 Å². The fraction of sp³-hybridized carbons (Fsp3) is 0.176. The van der Waals surface area contributed by atoms with Crippen LogP contribution in [0.3, 0.4) is 0 Å². The molecule has 0 spiro atoms. The van der Waals surface area contributed by atoms with Crippen molar-refractivity contribution in [1.29, 1.82) is 0 Å². The number of carbonyl (C=O) groups excluding carboxylic acids is 1. The Balaban J connectivity index is 1.92. The molecule has 1 saturated heterocycles. The van der Waals surface area contributed by atoms with Crippen LogP contribution in [-0.2, 0) is 4.79 Å². The van der Waals surface area contributed by atoms with Crippen LogP contribution in [0.4, 0.5) is 5.69 Å². The fourth-order valence-electron chi connectivity index (χ4n) is 2.14. The van der Waals surface area contributed by atoms with E-state index >= 15 is 0 Å². The first kappa shape index (κ1) is 16.3. The lowest BCUT2D eigenvalue weighted by molar-refractivity contribution is -0.122. The zero-order valence-electron chi connectivity index (χ0n) is 12.5. The largest absolute Gasteiger partial charge is 0.286 e. The van der Waals surface area contributed by atoms with Crippen LogP contribution in [0, 0.1) is 0 Å². The number of amides is 1. The molecular weight excluding hydrogens is 348 g/mol. The molecule has 1 amide bonds. The van der Waals surface area contributed by atoms with Crippen molar-refractivity contribution in [3.63, 3.8) is 0 Å². The van der Waals surface area contributed by atoms with Crippen LogP contribution < -0.4 is 0 Å². The van der Waals surface area contributed by atoms with Gasteiger partial charge >= 0.3 is 0 Å². The molecular formula is C17H15ClN2OS2. The third-order valence-electron chi connectivity index (χ3n) is 3.20. The fourth-order valence-corrected chi connectivity index (χ4v) is 4.01. The summed E-state index contributed by atoms with van der Waals surface area (Å²) in [7, 11) is 0. The van der Waals surface area contributed by atoms with Gasteiger partial charge in [0.25, 0.3) is 5.91 Å². The molecule has 118 valence electrons. The highest BCUT2D eigenvalue weighted by molar-refractivity contribution is 8.18. The smallest absolute Gasteiger partial charge is 0.266 e. The normalized spacial score (nSPS) is 18.3. The molecule has 0 unspecified atom stereocenters. The molecule has 0 radical (unpaired) electrons. The molecule has 0 aliphatic carbocycles. The first-order chi connectivity index (χ1) is 11.2. The van der Waals surface area contributed by atoms with Gasteiger partial charge in [0.05, 0.1) is 10.6 Å². The number of aliphatic imine (C=N–C) groups is 1. The lowest BCUT2D eigenvalue weighted by Crippen LogP contribution is -2.29. The number of nitrogens with zero attached hydrogens (tertiary/aromatic N) is 2. The Morgan fingerprint density at radius 2 is 2.04 bits per heavy atom. The Morgan fingerprint density at radius 3 is 2.70 bits per heavy atom. The molecule has 1 aromatic heterocycles. The van der Waals surface area contributed by atoms with Crippen LogP contribution in [0.5, 0.6) is 0 Å². The quantitative estimate of drug-likeness (QED) is 0.680. The number of thioether (sulfide) groups is 1. The lowest BCUT2D eigenvalue weighted by atomic mass is 10.3. The second-order valence-electron chi connectivity index (χ2n) is 4.95. The van der Waals surface area contributed by atoms with Crippen molar-refractivity contribution in [2.75, 3.05) is 6.54 Å². The summed E-state index contributed by atoms with van der Waals surface area (Å²) in [4.78, 5) is 20.8. The van der Waals surface area contributed by atoms with Crippen molar-refractivity contribution < 1.29 is 4.79 Å². The van der Waals surface area contributed by atoms with E-state index in [4.69, 9.17) is 11.6 Å². The maximum atomic E-state index is 12.6. The molecule has 1 aliphatic heterocycles. The Hall–Kier alpha value is -1.56. The summed E-state index contributed by atoms with van der Waals surface area (Å²) in [6.45, 7) is 2.72. The minimum absolute atomic E-state index is 0.0259. The molecule has 1 fully saturated rings. The number of halogens is 1. The molecule has 0 N–H and O–H groups in total. The first-order valence-corrected chi connectivity index (χ1v) is 9.34. The average molecular weight is 363 g/mol. The van der Waals surface area contributed by atoms with Crippen molar-refractivity contribution >= 4 is 57.5 Å². The van der Waals surface area contributed by atoms with Gasteiger partial charge in [0.1, 0.15) is 0 Å². The lowest BCUT2D eigenvalue weighted by Gasteiger charge is -2.13. The Kier molecular flexibility index (Phi) is 5.20. The van der Waals surface area contributed by atoms with Gasteiger partial charge in [-0.1, -0.05) is 24.6 Å². The van der Waals surface area contributed by atoms with Gasteiger partial charge in [0, 0.05) is 16.4 Å². The van der Waals surface area contributed by atoms with Crippen molar-refractivity contribution in [3.05, 3.63) is 56.6 Å². The second kappa shape index (κ2) is 7.34. The average Bonchev–Trinajstić information content (AvgIpc) is 3.14. The molecule has 2 aromatic rings. The molecule has 0 atom stereocenters. The predicted octanol–water partition coefficient (Wildman–Crippen LogP) is 5.42. The van der Waals surface area contributed by atoms with E-state index in [2.05, 4.69) is 11.9 Å². The number of rotatable bonds is 4. The van der Waals surface area contributed by atoms with E-state index < -0.39 is 0 Å². The summed E-state index contributed by atoms with van der Waals surface area (Å²) in [5.74, 6) is 0.0259. The molecule has 3 rings (SSSR count). The van der Waals surface area contributed by atoms with Gasteiger partial charge in [0.2, 0.25) is 0 Å². The van der Waals surface area contributed by atoms with Gasteiger partial charge in [-0.15, -0.1) is 11.3 Å². The molecule has 23 heavy (non-hydrogen) atoms. The Labute approximate surface area is 148 Å². The minimum Gasteiger partial charge on any atom is -0.286 e. The summed E-state index contributed by atoms with van der Waals surface area (Å²) in [6, 6.07) is 11.3. The van der Waals surface area contributed by atoms with Gasteiger partial charge in [0.15, 0.2) is 5.17 Å². The molecule has 0 bridgehead atoms. The molecule has 1 aromatic carbocycles. The summed E-state index contributed by atoms with van der Waals surface area (Å²) in [5.41, 5.74) is 0.795. The van der Waals surface area contributed by atoms with E-state index in [9.17, 15) is 4.79 Å². The number of hydrogen-bond donors (Lipinski definition) is 0. The van der Waals surface area contributed by atoms with Crippen LogP contribution in [0.1, 0.15) is 18.2 Å². The van der Waals surface area contributed by atoms with Crippen LogP contribution >= 0.6 is 34.7 Å². The van der Waals surface area contributed by atoms with E-state index in [1.807, 2.05) is 35.7 Å². The van der Waals surface area contributed by atoms with Crippen molar-refractivity contribution in [2.45, 2.75) is 13.3 Å². The SMILES string of the molecule is CCCN1C(=O)/C(=C/c2cccs2)SC1=Nc1ccc(Cl)cc1. The number of carbonyl (C=O) groups is 1. The molecule has 0 saturated carbocycles. The maximum absolute atomic E-state index is 12.6. The highest BCUT2D eigenvalue weighted by atomic mass is 35.5. The molecule has 2 heterocycles. The van der Waals surface area contributed by atoms with Crippen LogP contribution in [0.2, 0.25) is 5.02 Å². The second-order valence-corrected chi connectivity index (χ2v) is 7.38. The van der Waals surface area contributed by atoms with E-state index in [1.54, 1.807) is 28.4 Å². The van der Waals surface area contributed by atoms with E-state index in [0.717, 1.165) is 22.2 Å². The van der Waals surface area contributed by atoms with Gasteiger partial charge in [-0.3, -0.25) is 9.69 Å². The van der Waals surface area contributed by atoms with Crippen LogP contribution in [0.25, 0.3) is 6.08 Å². The summed E-state index contributed by atoms with van der Waals surface area (Å²) in [6.07, 6.45) is 2.82. The third kappa shape index (κ3) is 3.86. The van der Waals surface area contributed by atoms with E-state index in [0.29, 0.717) is 16.5 Å². The maximum Gasteiger partial charge on any atom is 0.266 e. The number of benzene rings is 1. The molecule has 3 nitrogen and oxygen atoms in total. The summed E-state index contributed by atoms with van der Waals surface area (Å²) >= 11 is 8.95. The monoisotopic (exact) mass is 362 g/mol. The van der Waals surface area contributed by atoms with Crippen LogP contribution in [0.15, 0.2) is 51.7 Å². The van der Waals surface area contributed by atoms with Crippen molar-refractivity contribution in [1.82, 2.24) is 4.90 Å². The van der Waals surface area contributed by atoms with Crippen LogP contribution in [-0.4, -0.2) is 22.5 Å². The van der Waals surface area contributed by atoms with Gasteiger partial charge < -0.3 is 0 Å². The summed E-state index contributed by atoms with van der Waals surface area (Å²) < 4.78 is 0. The Bertz CT molecular complexity index is 751. The van der Waals surface area contributed by atoms with E-state index in [-0.39, 0.29) is 5.91 Å². The number of hydrogen-bond acceptors (Lipinski definition) is 4. The van der Waals surface area contributed by atoms with Gasteiger partial charge in [-0.25, -0.2) is 4.99 Å². The zero-order chi connectivity index (χ0) is 16.2. The highest BCUT2D eigenvalue weighted by Crippen LogP contribution is 2.34. The topological polar surface area (TPSA) is 32.7 Å². The number of amidine groups is 1. The standard InChI is InChI=1S/C17H15ClN2OS2/c1-2-9-20-16(21)15(11-14-4-3-10-22-14)23-17(20)19-13-7-5-12(18)6-8-13/h3-8,10-11H,2,9H2,1H3/b15-11-,19-17?. The highest BCUT2D eigenvalue weighted by Gasteiger charge is 2.32. The van der Waals surface area contributed by atoms with E-state index in [1.165, 1.54) is 11.8 Å². The number of thiophene rings is 1. The molecule has 1 aliphatic rings. The molecule has 6 heteroatoms.